The lowest BCUT2D eigenvalue weighted by Crippen LogP contribution is -2.23. The predicted molar refractivity (Wildman–Crippen MR) is 67.3 cm³/mol. The molecule has 3 rings (SSSR count). The number of fused-ring (bicyclic) bond motifs is 1. The molecule has 1 aliphatic heterocycles. The molecule has 0 aliphatic carbocycles. The summed E-state index contributed by atoms with van der Waals surface area (Å²) >= 11 is 0. The quantitative estimate of drug-likeness (QED) is 0.771. The fraction of sp³-hybridized carbons (Fsp3) is 0.231. The first-order valence-corrected chi connectivity index (χ1v) is 5.75. The Morgan fingerprint density at radius 3 is 2.82 bits per heavy atom. The Kier molecular flexibility index (Phi) is 2.49. The van der Waals surface area contributed by atoms with Crippen LogP contribution in [0.5, 0.6) is 0 Å². The molecule has 0 unspecified atom stereocenters. The Hall–Kier alpha value is -1.94. The molecule has 0 spiro atoms. The first-order chi connectivity index (χ1) is 8.33. The average molecular weight is 226 g/mol. The van der Waals surface area contributed by atoms with E-state index in [9.17, 15) is 0 Å². The Balaban J connectivity index is 2.01. The zero-order chi connectivity index (χ0) is 11.7. The number of nitrogens with zero attached hydrogens (tertiary/aromatic N) is 2. The summed E-state index contributed by atoms with van der Waals surface area (Å²) in [7, 11) is 0. The number of nitrogens with one attached hydrogen (secondary N) is 1. The predicted octanol–water partition coefficient (Wildman–Crippen LogP) is 1.37. The van der Waals surface area contributed by atoms with Gasteiger partial charge in [0.2, 0.25) is 0 Å². The van der Waals surface area contributed by atoms with Crippen molar-refractivity contribution in [3.05, 3.63) is 41.5 Å². The van der Waals surface area contributed by atoms with E-state index >= 15 is 0 Å². The molecule has 4 nitrogen and oxygen atoms in total. The largest absolute Gasteiger partial charge is 0.382 e. The minimum Gasteiger partial charge on any atom is -0.382 e. The van der Waals surface area contributed by atoms with Gasteiger partial charge >= 0.3 is 0 Å². The van der Waals surface area contributed by atoms with Crippen molar-refractivity contribution in [3.8, 4) is 11.3 Å². The van der Waals surface area contributed by atoms with Crippen molar-refractivity contribution >= 4 is 5.82 Å². The number of aromatic nitrogens is 2. The summed E-state index contributed by atoms with van der Waals surface area (Å²) in [5.41, 5.74) is 10.3. The van der Waals surface area contributed by atoms with E-state index in [0.29, 0.717) is 5.82 Å². The Bertz CT molecular complexity index is 534. The van der Waals surface area contributed by atoms with Crippen molar-refractivity contribution in [1.82, 2.24) is 15.5 Å². The second-order valence-electron chi connectivity index (χ2n) is 4.25. The SMILES string of the molecule is Nc1ccc(-c2ccc3c(c2)CNCC3)nn1. The molecule has 4 heteroatoms. The number of anilines is 1. The van der Waals surface area contributed by atoms with Gasteiger partial charge in [-0.05, 0) is 42.3 Å². The van der Waals surface area contributed by atoms with E-state index in [1.54, 1.807) is 6.07 Å². The van der Waals surface area contributed by atoms with E-state index < -0.39 is 0 Å². The molecule has 0 saturated heterocycles. The maximum Gasteiger partial charge on any atom is 0.146 e. The lowest BCUT2D eigenvalue weighted by molar-refractivity contribution is 0.644. The summed E-state index contributed by atoms with van der Waals surface area (Å²) < 4.78 is 0. The van der Waals surface area contributed by atoms with E-state index in [4.69, 9.17) is 5.73 Å². The maximum atomic E-state index is 5.53. The molecule has 0 radical (unpaired) electrons. The van der Waals surface area contributed by atoms with E-state index in [-0.39, 0.29) is 0 Å². The van der Waals surface area contributed by atoms with Crippen LogP contribution in [-0.2, 0) is 13.0 Å². The second-order valence-corrected chi connectivity index (χ2v) is 4.25. The lowest BCUT2D eigenvalue weighted by Gasteiger charge is -2.17. The van der Waals surface area contributed by atoms with Gasteiger partial charge in [-0.25, -0.2) is 0 Å². The van der Waals surface area contributed by atoms with Crippen LogP contribution in [0.3, 0.4) is 0 Å². The summed E-state index contributed by atoms with van der Waals surface area (Å²) in [6, 6.07) is 10.1. The number of rotatable bonds is 1. The molecule has 86 valence electrons. The van der Waals surface area contributed by atoms with Gasteiger partial charge in [0.05, 0.1) is 5.69 Å². The molecule has 2 heterocycles. The topological polar surface area (TPSA) is 63.8 Å². The van der Waals surface area contributed by atoms with Crippen LogP contribution >= 0.6 is 0 Å². The van der Waals surface area contributed by atoms with Crippen LogP contribution in [0.25, 0.3) is 11.3 Å². The minimum atomic E-state index is 0.452. The molecule has 2 aromatic rings. The van der Waals surface area contributed by atoms with Crippen LogP contribution in [0.2, 0.25) is 0 Å². The van der Waals surface area contributed by atoms with Crippen LogP contribution in [0.15, 0.2) is 30.3 Å². The number of hydrogen-bond acceptors (Lipinski definition) is 4. The standard InChI is InChI=1S/C13H14N4/c14-13-4-3-12(16-17-13)10-2-1-9-5-6-15-8-11(9)7-10/h1-4,7,15H,5-6,8H2,(H2,14,17). The zero-order valence-electron chi connectivity index (χ0n) is 9.48. The van der Waals surface area contributed by atoms with E-state index in [2.05, 4.69) is 33.7 Å². The van der Waals surface area contributed by atoms with Gasteiger partial charge in [0.15, 0.2) is 0 Å². The number of hydrogen-bond donors (Lipinski definition) is 2. The molecule has 1 aliphatic rings. The Morgan fingerprint density at radius 1 is 1.06 bits per heavy atom. The molecule has 0 fully saturated rings. The van der Waals surface area contributed by atoms with Crippen LogP contribution in [-0.4, -0.2) is 16.7 Å². The molecule has 1 aromatic heterocycles. The summed E-state index contributed by atoms with van der Waals surface area (Å²) in [6.07, 6.45) is 1.10. The van der Waals surface area contributed by atoms with E-state index in [1.165, 1.54) is 11.1 Å². The first-order valence-electron chi connectivity index (χ1n) is 5.75. The molecule has 0 atom stereocenters. The van der Waals surface area contributed by atoms with Gasteiger partial charge in [-0.3, -0.25) is 0 Å². The molecule has 3 N–H and O–H groups in total. The van der Waals surface area contributed by atoms with Gasteiger partial charge < -0.3 is 11.1 Å². The molecule has 0 bridgehead atoms. The highest BCUT2D eigenvalue weighted by molar-refractivity contribution is 5.61. The van der Waals surface area contributed by atoms with Gasteiger partial charge in [0, 0.05) is 12.1 Å². The summed E-state index contributed by atoms with van der Waals surface area (Å²) in [4.78, 5) is 0. The Labute approximate surface area is 99.9 Å². The third-order valence-corrected chi connectivity index (χ3v) is 3.07. The van der Waals surface area contributed by atoms with Crippen molar-refractivity contribution in [3.63, 3.8) is 0 Å². The van der Waals surface area contributed by atoms with E-state index in [0.717, 1.165) is 30.8 Å². The minimum absolute atomic E-state index is 0.452. The van der Waals surface area contributed by atoms with Crippen LogP contribution in [0.4, 0.5) is 5.82 Å². The summed E-state index contributed by atoms with van der Waals surface area (Å²) in [6.45, 7) is 2.00. The van der Waals surface area contributed by atoms with Crippen molar-refractivity contribution in [2.75, 3.05) is 12.3 Å². The summed E-state index contributed by atoms with van der Waals surface area (Å²) in [5, 5.41) is 11.4. The summed E-state index contributed by atoms with van der Waals surface area (Å²) in [5.74, 6) is 0.452. The van der Waals surface area contributed by atoms with Gasteiger partial charge in [0.1, 0.15) is 5.82 Å². The molecule has 0 amide bonds. The first kappa shape index (κ1) is 10.2. The van der Waals surface area contributed by atoms with Crippen molar-refractivity contribution in [1.29, 1.82) is 0 Å². The zero-order valence-corrected chi connectivity index (χ0v) is 9.48. The smallest absolute Gasteiger partial charge is 0.146 e. The molecular formula is C13H14N4. The lowest BCUT2D eigenvalue weighted by atomic mass is 9.97. The highest BCUT2D eigenvalue weighted by Crippen LogP contribution is 2.22. The van der Waals surface area contributed by atoms with Crippen LogP contribution in [0.1, 0.15) is 11.1 Å². The fourth-order valence-electron chi connectivity index (χ4n) is 2.14. The third kappa shape index (κ3) is 1.99. The molecular weight excluding hydrogens is 212 g/mol. The van der Waals surface area contributed by atoms with E-state index in [1.807, 2.05) is 6.07 Å². The molecule has 17 heavy (non-hydrogen) atoms. The van der Waals surface area contributed by atoms with Crippen molar-refractivity contribution in [2.45, 2.75) is 13.0 Å². The fourth-order valence-corrected chi connectivity index (χ4v) is 2.14. The Morgan fingerprint density at radius 2 is 2.00 bits per heavy atom. The van der Waals surface area contributed by atoms with Crippen molar-refractivity contribution in [2.24, 2.45) is 0 Å². The van der Waals surface area contributed by atoms with Crippen LogP contribution < -0.4 is 11.1 Å². The van der Waals surface area contributed by atoms with Gasteiger partial charge in [-0.1, -0.05) is 12.1 Å². The third-order valence-electron chi connectivity index (χ3n) is 3.07. The van der Waals surface area contributed by atoms with Gasteiger partial charge in [-0.15, -0.1) is 10.2 Å². The number of benzene rings is 1. The molecule has 0 saturated carbocycles. The van der Waals surface area contributed by atoms with Gasteiger partial charge in [0.25, 0.3) is 0 Å². The van der Waals surface area contributed by atoms with Crippen molar-refractivity contribution < 1.29 is 0 Å². The normalized spacial score (nSPS) is 14.4. The maximum absolute atomic E-state index is 5.53. The highest BCUT2D eigenvalue weighted by atomic mass is 15.1. The average Bonchev–Trinajstić information content (AvgIpc) is 2.39. The molecule has 1 aromatic carbocycles. The van der Waals surface area contributed by atoms with Crippen LogP contribution in [0, 0.1) is 0 Å². The number of nitrogen functional groups attached to an aromatic ring is 1. The monoisotopic (exact) mass is 226 g/mol. The highest BCUT2D eigenvalue weighted by Gasteiger charge is 2.10. The van der Waals surface area contributed by atoms with Gasteiger partial charge in [-0.2, -0.15) is 0 Å². The number of nitrogens with two attached hydrogens (primary N) is 1. The second kappa shape index (κ2) is 4.14.